The van der Waals surface area contributed by atoms with E-state index in [1.807, 2.05) is 0 Å². The Labute approximate surface area is 231 Å². The summed E-state index contributed by atoms with van der Waals surface area (Å²) in [5.74, 6) is -1.19. The molecule has 0 fully saturated rings. The van der Waals surface area contributed by atoms with Gasteiger partial charge in [-0.1, -0.05) is 30.3 Å². The minimum Gasteiger partial charge on any atom is -0.462 e. The number of sulfone groups is 1. The van der Waals surface area contributed by atoms with E-state index in [4.69, 9.17) is 15.2 Å². The molecular weight excluding hydrogens is 535 g/mol. The van der Waals surface area contributed by atoms with Crippen LogP contribution in [0.4, 0.5) is 10.1 Å². The molecule has 0 heterocycles. The second kappa shape index (κ2) is 12.5. The summed E-state index contributed by atoms with van der Waals surface area (Å²) in [6.45, 7) is 1.94. The second-order valence-corrected chi connectivity index (χ2v) is 10.6. The molecule has 1 unspecified atom stereocenters. The maximum Gasteiger partial charge on any atom is 0.338 e. The van der Waals surface area contributed by atoms with E-state index in [1.165, 1.54) is 42.5 Å². The first-order valence-corrected chi connectivity index (χ1v) is 13.9. The van der Waals surface area contributed by atoms with Crippen LogP contribution < -0.4 is 15.8 Å². The molecule has 0 saturated carbocycles. The maximum absolute atomic E-state index is 13.8. The molecule has 0 radical (unpaired) electrons. The van der Waals surface area contributed by atoms with Crippen LogP contribution in [0.5, 0.6) is 11.5 Å². The molecule has 0 bridgehead atoms. The summed E-state index contributed by atoms with van der Waals surface area (Å²) in [7, 11) is -4.21. The first kappa shape index (κ1) is 28.5. The van der Waals surface area contributed by atoms with Crippen molar-refractivity contribution in [2.24, 2.45) is 5.73 Å². The van der Waals surface area contributed by atoms with Gasteiger partial charge in [0.2, 0.25) is 15.7 Å². The van der Waals surface area contributed by atoms with Gasteiger partial charge in [0.25, 0.3) is 0 Å². The largest absolute Gasteiger partial charge is 0.462 e. The molecule has 0 aromatic heterocycles. The molecule has 4 aromatic rings. The highest BCUT2D eigenvalue weighted by Crippen LogP contribution is 2.36. The average molecular weight is 563 g/mol. The Hall–Kier alpha value is -4.54. The molecule has 1 amide bonds. The summed E-state index contributed by atoms with van der Waals surface area (Å²) in [6, 6.07) is 22.7. The van der Waals surface area contributed by atoms with Crippen LogP contribution in [0.25, 0.3) is 0 Å². The van der Waals surface area contributed by atoms with E-state index in [1.54, 1.807) is 49.4 Å². The fraction of sp³-hybridized carbons (Fsp3) is 0.133. The zero-order valence-electron chi connectivity index (χ0n) is 21.5. The standard InChI is InChI=1S/C30H27FN2O6S/c1-2-38-30(35)20-11-15-23(16-12-20)33-29(34)26(32)19-21-7-6-10-27(39-24-8-4-3-5-9-24)28(21)40(36,37)25-17-13-22(31)14-18-25/h3-18,26H,2,19,32H2,1H3,(H,33,34). The SMILES string of the molecule is CCOC(=O)c1ccc(NC(=O)C(N)Cc2cccc(Oc3ccccc3)c2S(=O)(=O)c2ccc(F)cc2)cc1. The number of nitrogens with two attached hydrogens (primary N) is 1. The van der Waals surface area contributed by atoms with Gasteiger partial charge in [0, 0.05) is 5.69 Å². The van der Waals surface area contributed by atoms with Crippen LogP contribution in [-0.4, -0.2) is 32.9 Å². The predicted octanol–water partition coefficient (Wildman–Crippen LogP) is 5.14. The smallest absolute Gasteiger partial charge is 0.338 e. The topological polar surface area (TPSA) is 125 Å². The van der Waals surface area contributed by atoms with Gasteiger partial charge in [-0.05, 0) is 85.6 Å². The molecular formula is C30H27FN2O6S. The number of anilines is 1. The summed E-state index contributed by atoms with van der Waals surface area (Å²) in [6.07, 6.45) is -0.144. The number of carbonyl (C=O) groups is 2. The fourth-order valence-corrected chi connectivity index (χ4v) is 5.52. The third-order valence-electron chi connectivity index (χ3n) is 5.86. The summed E-state index contributed by atoms with van der Waals surface area (Å²) in [5.41, 5.74) is 7.19. The number of ether oxygens (including phenoxy) is 2. The minimum atomic E-state index is -4.21. The van der Waals surface area contributed by atoms with Crippen LogP contribution >= 0.6 is 0 Å². The van der Waals surface area contributed by atoms with Gasteiger partial charge in [-0.3, -0.25) is 4.79 Å². The highest BCUT2D eigenvalue weighted by molar-refractivity contribution is 7.91. The highest BCUT2D eigenvalue weighted by atomic mass is 32.2. The number of carbonyl (C=O) groups excluding carboxylic acids is 2. The molecule has 0 saturated heterocycles. The van der Waals surface area contributed by atoms with Crippen molar-refractivity contribution in [2.75, 3.05) is 11.9 Å². The Balaban J connectivity index is 1.63. The van der Waals surface area contributed by atoms with Crippen LogP contribution in [0, 0.1) is 5.82 Å². The molecule has 3 N–H and O–H groups in total. The average Bonchev–Trinajstić information content (AvgIpc) is 2.94. The molecule has 4 aromatic carbocycles. The molecule has 1 atom stereocenters. The zero-order chi connectivity index (χ0) is 28.7. The van der Waals surface area contributed by atoms with Gasteiger partial charge in [0.1, 0.15) is 22.2 Å². The van der Waals surface area contributed by atoms with E-state index in [0.29, 0.717) is 17.0 Å². The number of para-hydroxylation sites is 1. The predicted molar refractivity (Wildman–Crippen MR) is 148 cm³/mol. The lowest BCUT2D eigenvalue weighted by atomic mass is 10.1. The van der Waals surface area contributed by atoms with Gasteiger partial charge in [-0.2, -0.15) is 0 Å². The van der Waals surface area contributed by atoms with Gasteiger partial charge in [0.05, 0.1) is 23.1 Å². The van der Waals surface area contributed by atoms with Gasteiger partial charge < -0.3 is 20.5 Å². The molecule has 8 nitrogen and oxygen atoms in total. The normalized spacial score (nSPS) is 11.9. The Morgan fingerprint density at radius 1 is 0.900 bits per heavy atom. The van der Waals surface area contributed by atoms with Gasteiger partial charge >= 0.3 is 5.97 Å². The Morgan fingerprint density at radius 2 is 1.57 bits per heavy atom. The molecule has 0 aliphatic rings. The lowest BCUT2D eigenvalue weighted by Crippen LogP contribution is -2.37. The van der Waals surface area contributed by atoms with Crippen LogP contribution in [0.15, 0.2) is 107 Å². The molecule has 40 heavy (non-hydrogen) atoms. The number of nitrogens with one attached hydrogen (secondary N) is 1. The van der Waals surface area contributed by atoms with Crippen molar-refractivity contribution in [2.45, 2.75) is 29.2 Å². The third-order valence-corrected chi connectivity index (χ3v) is 7.76. The number of amides is 1. The van der Waals surface area contributed by atoms with E-state index in [9.17, 15) is 22.4 Å². The summed E-state index contributed by atoms with van der Waals surface area (Å²) in [5, 5.41) is 2.67. The number of hydrogen-bond acceptors (Lipinski definition) is 7. The Kier molecular flexibility index (Phi) is 8.93. The first-order valence-electron chi connectivity index (χ1n) is 12.4. The Morgan fingerprint density at radius 3 is 2.23 bits per heavy atom. The molecule has 0 aliphatic heterocycles. The lowest BCUT2D eigenvalue weighted by Gasteiger charge is -2.18. The van der Waals surface area contributed by atoms with Gasteiger partial charge in [0.15, 0.2) is 0 Å². The number of halogens is 1. The van der Waals surface area contributed by atoms with Crippen molar-refractivity contribution in [1.29, 1.82) is 0 Å². The van der Waals surface area contributed by atoms with E-state index < -0.39 is 33.6 Å². The van der Waals surface area contributed by atoms with E-state index >= 15 is 0 Å². The first-order chi connectivity index (χ1) is 19.2. The quantitative estimate of drug-likeness (QED) is 0.203. The Bertz CT molecular complexity index is 1590. The highest BCUT2D eigenvalue weighted by Gasteiger charge is 2.28. The third kappa shape index (κ3) is 6.71. The number of esters is 1. The number of hydrogen-bond donors (Lipinski definition) is 2. The van der Waals surface area contributed by atoms with Crippen molar-refractivity contribution in [3.63, 3.8) is 0 Å². The lowest BCUT2D eigenvalue weighted by molar-refractivity contribution is -0.117. The second-order valence-electron chi connectivity index (χ2n) is 8.71. The van der Waals surface area contributed by atoms with Crippen LogP contribution in [0.1, 0.15) is 22.8 Å². The fourth-order valence-electron chi connectivity index (χ4n) is 3.92. The monoisotopic (exact) mass is 562 g/mol. The van der Waals surface area contributed by atoms with Crippen molar-refractivity contribution >= 4 is 27.4 Å². The van der Waals surface area contributed by atoms with Crippen molar-refractivity contribution in [3.8, 4) is 11.5 Å². The zero-order valence-corrected chi connectivity index (χ0v) is 22.4. The van der Waals surface area contributed by atoms with Crippen LogP contribution in [-0.2, 0) is 25.8 Å². The van der Waals surface area contributed by atoms with Crippen molar-refractivity contribution in [1.82, 2.24) is 0 Å². The molecule has 10 heteroatoms. The maximum atomic E-state index is 13.8. The van der Waals surface area contributed by atoms with Gasteiger partial charge in [-0.25, -0.2) is 17.6 Å². The van der Waals surface area contributed by atoms with Crippen LogP contribution in [0.3, 0.4) is 0 Å². The van der Waals surface area contributed by atoms with E-state index in [-0.39, 0.29) is 34.1 Å². The van der Waals surface area contributed by atoms with Crippen molar-refractivity contribution in [3.05, 3.63) is 114 Å². The molecule has 0 spiro atoms. The van der Waals surface area contributed by atoms with Gasteiger partial charge in [-0.15, -0.1) is 0 Å². The summed E-state index contributed by atoms with van der Waals surface area (Å²) < 4.78 is 52.0. The van der Waals surface area contributed by atoms with E-state index in [2.05, 4.69) is 5.32 Å². The number of rotatable bonds is 10. The van der Waals surface area contributed by atoms with Crippen LogP contribution in [0.2, 0.25) is 0 Å². The summed E-state index contributed by atoms with van der Waals surface area (Å²) in [4.78, 5) is 24.5. The number of benzene rings is 4. The molecule has 206 valence electrons. The summed E-state index contributed by atoms with van der Waals surface area (Å²) >= 11 is 0. The molecule has 4 rings (SSSR count). The van der Waals surface area contributed by atoms with E-state index in [0.717, 1.165) is 12.1 Å². The minimum absolute atomic E-state index is 0.0372. The molecule has 0 aliphatic carbocycles. The van der Waals surface area contributed by atoms with Crippen molar-refractivity contribution < 1.29 is 31.9 Å².